The molecule has 1 N–H and O–H groups in total. The maximum atomic E-state index is 13.3. The Morgan fingerprint density at radius 3 is 2.61 bits per heavy atom. The van der Waals surface area contributed by atoms with Crippen molar-refractivity contribution in [1.82, 2.24) is 9.78 Å². The molecule has 0 radical (unpaired) electrons. The topological polar surface area (TPSA) is 60.8 Å². The average molecular weight is 468 g/mol. The third-order valence-electron chi connectivity index (χ3n) is 4.81. The lowest BCUT2D eigenvalue weighted by Gasteiger charge is -2.23. The van der Waals surface area contributed by atoms with Gasteiger partial charge in [-0.25, -0.2) is 0 Å². The van der Waals surface area contributed by atoms with Gasteiger partial charge in [-0.15, -0.1) is 0 Å². The van der Waals surface area contributed by atoms with Gasteiger partial charge in [0.1, 0.15) is 0 Å². The summed E-state index contributed by atoms with van der Waals surface area (Å²) in [6.45, 7) is 2.09. The Labute approximate surface area is 193 Å². The van der Waals surface area contributed by atoms with Gasteiger partial charge in [-0.05, 0) is 52.1 Å². The third kappa shape index (κ3) is 4.66. The van der Waals surface area contributed by atoms with Crippen LogP contribution in [-0.2, 0) is 0 Å². The van der Waals surface area contributed by atoms with Gasteiger partial charge in [0, 0.05) is 10.8 Å². The molecule has 2 heterocycles. The van der Waals surface area contributed by atoms with E-state index in [1.165, 1.54) is 4.68 Å². The Bertz CT molecular complexity index is 1240. The molecule has 7 heteroatoms. The molecule has 0 saturated heterocycles. The van der Waals surface area contributed by atoms with E-state index in [1.54, 1.807) is 23.5 Å². The summed E-state index contributed by atoms with van der Waals surface area (Å²) in [6, 6.07) is 16.8. The predicted octanol–water partition coefficient (Wildman–Crippen LogP) is 6.18. The number of nitrogens with one attached hydrogen (secondary N) is 1. The van der Waals surface area contributed by atoms with Gasteiger partial charge in [0.05, 0.1) is 16.0 Å². The molecule has 0 spiro atoms. The predicted molar refractivity (Wildman–Crippen MR) is 127 cm³/mol. The molecule has 2 aromatic heterocycles. The molecule has 1 atom stereocenters. The van der Waals surface area contributed by atoms with Crippen molar-refractivity contribution < 1.29 is 5.11 Å². The van der Waals surface area contributed by atoms with E-state index in [9.17, 15) is 9.90 Å². The fourth-order valence-corrected chi connectivity index (χ4v) is 5.08. The van der Waals surface area contributed by atoms with E-state index in [2.05, 4.69) is 24.2 Å². The minimum absolute atomic E-state index is 0.107. The van der Waals surface area contributed by atoms with E-state index >= 15 is 0 Å². The van der Waals surface area contributed by atoms with Crippen LogP contribution in [0.4, 0.5) is 0 Å². The van der Waals surface area contributed by atoms with Crippen molar-refractivity contribution in [3.8, 4) is 5.88 Å². The lowest BCUT2D eigenvalue weighted by molar-refractivity contribution is -0.284. The summed E-state index contributed by atoms with van der Waals surface area (Å²) in [6.07, 6.45) is 5.14. The first kappa shape index (κ1) is 21.6. The number of benzene rings is 2. The van der Waals surface area contributed by atoms with Gasteiger partial charge in [0.15, 0.2) is 0 Å². The number of aromatic nitrogens is 2. The summed E-state index contributed by atoms with van der Waals surface area (Å²) in [5.74, 6) is -0.360. The van der Waals surface area contributed by atoms with Gasteiger partial charge >= 0.3 is 0 Å². The second kappa shape index (κ2) is 9.64. The number of allylic oxidation sites excluding steroid dienone is 1. The lowest BCUT2D eigenvalue weighted by atomic mass is 10.00. The minimum atomic E-state index is -0.420. The van der Waals surface area contributed by atoms with Gasteiger partial charge in [-0.2, -0.15) is 11.3 Å². The Kier molecular flexibility index (Phi) is 6.70. The first-order valence-electron chi connectivity index (χ1n) is 9.81. The highest BCUT2D eigenvalue weighted by molar-refractivity contribution is 7.99. The van der Waals surface area contributed by atoms with Gasteiger partial charge in [-0.1, -0.05) is 78.8 Å². The fraction of sp³-hybridized carbons (Fsp3) is 0.125. The molecule has 0 saturated carbocycles. The number of nitrogens with zero attached hydrogens (tertiary/aromatic N) is 1. The van der Waals surface area contributed by atoms with Gasteiger partial charge in [0.25, 0.3) is 5.56 Å². The highest BCUT2D eigenvalue weighted by Crippen LogP contribution is 2.37. The van der Waals surface area contributed by atoms with Gasteiger partial charge in [0.2, 0.25) is 0 Å². The largest absolute Gasteiger partial charge is 0.858 e. The van der Waals surface area contributed by atoms with Crippen molar-refractivity contribution in [3.63, 3.8) is 0 Å². The Morgan fingerprint density at radius 2 is 1.94 bits per heavy atom. The highest BCUT2D eigenvalue weighted by atomic mass is 35.5. The quantitative estimate of drug-likeness (QED) is 0.353. The van der Waals surface area contributed by atoms with E-state index in [0.717, 1.165) is 34.9 Å². The van der Waals surface area contributed by atoms with E-state index in [0.29, 0.717) is 9.92 Å². The van der Waals surface area contributed by atoms with Crippen LogP contribution in [0.3, 0.4) is 0 Å². The number of rotatable bonds is 7. The number of hydrogen-bond acceptors (Lipinski definition) is 4. The number of halogens is 1. The summed E-state index contributed by atoms with van der Waals surface area (Å²) in [5.41, 5.74) is 2.54. The molecule has 4 nitrogen and oxygen atoms in total. The van der Waals surface area contributed by atoms with Gasteiger partial charge < -0.3 is 5.11 Å². The van der Waals surface area contributed by atoms with Crippen molar-refractivity contribution in [2.24, 2.45) is 0 Å². The highest BCUT2D eigenvalue weighted by Gasteiger charge is 2.21. The van der Waals surface area contributed by atoms with Crippen molar-refractivity contribution >= 4 is 40.8 Å². The van der Waals surface area contributed by atoms with Crippen LogP contribution in [0.25, 0.3) is 6.08 Å². The van der Waals surface area contributed by atoms with Gasteiger partial charge in [-0.3, -0.25) is 14.6 Å². The second-order valence-electron chi connectivity index (χ2n) is 6.91. The van der Waals surface area contributed by atoms with Crippen molar-refractivity contribution in [2.75, 3.05) is 0 Å². The molecule has 0 fully saturated rings. The molecular formula is C24H20ClN2O2S2-. The molecule has 0 aliphatic carbocycles. The van der Waals surface area contributed by atoms with Crippen molar-refractivity contribution in [1.29, 1.82) is 0 Å². The molecular weight excluding hydrogens is 448 g/mol. The SMILES string of the molecule is CC/C=C/c1ccc(C(c2ccsc2)n2[nH]c(=O)c(Sc3ccccc3Cl)c2[O-])cc1. The monoisotopic (exact) mass is 467 g/mol. The van der Waals surface area contributed by atoms with Crippen LogP contribution in [0.15, 0.2) is 86.0 Å². The fourth-order valence-electron chi connectivity index (χ4n) is 3.29. The zero-order valence-electron chi connectivity index (χ0n) is 16.7. The van der Waals surface area contributed by atoms with E-state index in [-0.39, 0.29) is 10.8 Å². The minimum Gasteiger partial charge on any atom is -0.858 e. The zero-order valence-corrected chi connectivity index (χ0v) is 19.1. The molecule has 2 aromatic carbocycles. The standard InChI is InChI=1S/C24H21ClN2O2S2/c1-2-3-6-16-9-11-17(12-10-16)21(18-13-14-30-15-18)27-24(29)22(23(28)26-27)31-20-8-5-4-7-19(20)25/h3-15,21,29H,2H2,1H3,(H,26,28)/p-1/b6-3+. The maximum absolute atomic E-state index is 13.3. The molecule has 0 aliphatic rings. The summed E-state index contributed by atoms with van der Waals surface area (Å²) in [4.78, 5) is 13.5. The maximum Gasteiger partial charge on any atom is 0.277 e. The molecule has 1 unspecified atom stereocenters. The molecule has 158 valence electrons. The van der Waals surface area contributed by atoms with Crippen molar-refractivity contribution in [3.05, 3.63) is 104 Å². The third-order valence-corrected chi connectivity index (χ3v) is 7.09. The Balaban J connectivity index is 1.76. The molecule has 0 amide bonds. The van der Waals surface area contributed by atoms with Crippen LogP contribution in [0.1, 0.15) is 36.1 Å². The number of aromatic amines is 1. The summed E-state index contributed by atoms with van der Waals surface area (Å²) in [7, 11) is 0. The van der Waals surface area contributed by atoms with Crippen LogP contribution in [0.2, 0.25) is 5.02 Å². The molecule has 4 aromatic rings. The molecule has 0 bridgehead atoms. The summed E-state index contributed by atoms with van der Waals surface area (Å²) >= 11 is 8.88. The van der Waals surface area contributed by atoms with Crippen LogP contribution < -0.4 is 10.7 Å². The first-order chi connectivity index (χ1) is 15.1. The van der Waals surface area contributed by atoms with Crippen molar-refractivity contribution in [2.45, 2.75) is 29.2 Å². The van der Waals surface area contributed by atoms with E-state index in [4.69, 9.17) is 11.6 Å². The zero-order chi connectivity index (χ0) is 21.8. The normalized spacial score (nSPS) is 12.5. The number of thiophene rings is 1. The smallest absolute Gasteiger partial charge is 0.277 e. The van der Waals surface area contributed by atoms with Crippen LogP contribution in [0, 0.1) is 0 Å². The molecule has 0 aliphatic heterocycles. The lowest BCUT2D eigenvalue weighted by Crippen LogP contribution is -2.17. The first-order valence-corrected chi connectivity index (χ1v) is 11.9. The van der Waals surface area contributed by atoms with Crippen LogP contribution in [-0.4, -0.2) is 9.78 Å². The van der Waals surface area contributed by atoms with E-state index in [1.807, 2.05) is 53.2 Å². The summed E-state index contributed by atoms with van der Waals surface area (Å²) in [5, 5.41) is 20.5. The summed E-state index contributed by atoms with van der Waals surface area (Å²) < 4.78 is 1.42. The average Bonchev–Trinajstić information content (AvgIpc) is 3.40. The molecule has 4 rings (SSSR count). The van der Waals surface area contributed by atoms with Crippen LogP contribution in [0.5, 0.6) is 5.88 Å². The second-order valence-corrected chi connectivity index (χ2v) is 9.15. The molecule has 31 heavy (non-hydrogen) atoms. The number of hydrogen-bond donors (Lipinski definition) is 1. The van der Waals surface area contributed by atoms with Crippen LogP contribution >= 0.6 is 34.7 Å². The number of H-pyrrole nitrogens is 1. The Hall–Kier alpha value is -2.67. The Morgan fingerprint density at radius 1 is 1.16 bits per heavy atom. The van der Waals surface area contributed by atoms with E-state index < -0.39 is 11.6 Å².